The van der Waals surface area contributed by atoms with Crippen molar-refractivity contribution in [2.24, 2.45) is 11.7 Å². The Kier molecular flexibility index (Phi) is 6.06. The monoisotopic (exact) mass is 274 g/mol. The van der Waals surface area contributed by atoms with Crippen molar-refractivity contribution in [3.63, 3.8) is 0 Å². The first-order valence-corrected chi connectivity index (χ1v) is 7.83. The van der Waals surface area contributed by atoms with Crippen LogP contribution in [0.4, 0.5) is 0 Å². The molecule has 0 saturated heterocycles. The zero-order valence-corrected chi connectivity index (χ0v) is 12.2. The van der Waals surface area contributed by atoms with Crippen LogP contribution < -0.4 is 11.1 Å². The van der Waals surface area contributed by atoms with Crippen molar-refractivity contribution in [3.8, 4) is 0 Å². The van der Waals surface area contributed by atoms with Crippen LogP contribution in [-0.4, -0.2) is 12.5 Å². The van der Waals surface area contributed by atoms with Crippen LogP contribution in [0, 0.1) is 5.92 Å². The summed E-state index contributed by atoms with van der Waals surface area (Å²) in [6.07, 6.45) is 8.38. The van der Waals surface area contributed by atoms with Gasteiger partial charge in [-0.2, -0.15) is 0 Å². The number of benzene rings is 1. The molecule has 110 valence electrons. The number of nitrogens with two attached hydrogens (primary N) is 1. The molecular formula is C17H26N2O. The number of carbonyl (C=O) groups excluding carboxylic acids is 1. The Bertz CT molecular complexity index is 425. The molecule has 0 atom stereocenters. The van der Waals surface area contributed by atoms with Gasteiger partial charge in [-0.25, -0.2) is 0 Å². The molecule has 1 amide bonds. The summed E-state index contributed by atoms with van der Waals surface area (Å²) >= 11 is 0. The van der Waals surface area contributed by atoms with E-state index in [2.05, 4.69) is 5.32 Å². The van der Waals surface area contributed by atoms with Gasteiger partial charge < -0.3 is 11.1 Å². The summed E-state index contributed by atoms with van der Waals surface area (Å²) in [7, 11) is 0. The predicted molar refractivity (Wildman–Crippen MR) is 82.2 cm³/mol. The van der Waals surface area contributed by atoms with Gasteiger partial charge in [0.2, 0.25) is 5.91 Å². The molecule has 3 nitrogen and oxygen atoms in total. The van der Waals surface area contributed by atoms with Crippen molar-refractivity contribution >= 4 is 5.91 Å². The molecule has 1 aromatic carbocycles. The fourth-order valence-corrected chi connectivity index (χ4v) is 3.08. The SMILES string of the molecule is NCc1ccccc1CC(=O)NCCCC1CCCC1. The van der Waals surface area contributed by atoms with Crippen LogP contribution in [0.25, 0.3) is 0 Å². The molecule has 0 aliphatic heterocycles. The highest BCUT2D eigenvalue weighted by molar-refractivity contribution is 5.78. The first kappa shape index (κ1) is 15.0. The summed E-state index contributed by atoms with van der Waals surface area (Å²) in [4.78, 5) is 11.9. The lowest BCUT2D eigenvalue weighted by molar-refractivity contribution is -0.120. The number of amides is 1. The molecule has 2 rings (SSSR count). The number of hydrogen-bond acceptors (Lipinski definition) is 2. The molecule has 1 aliphatic carbocycles. The van der Waals surface area contributed by atoms with Gasteiger partial charge in [0.1, 0.15) is 0 Å². The topological polar surface area (TPSA) is 55.1 Å². The third kappa shape index (κ3) is 4.64. The fourth-order valence-electron chi connectivity index (χ4n) is 3.08. The average Bonchev–Trinajstić information content (AvgIpc) is 2.97. The van der Waals surface area contributed by atoms with E-state index in [0.29, 0.717) is 13.0 Å². The summed E-state index contributed by atoms with van der Waals surface area (Å²) in [5.41, 5.74) is 7.79. The molecule has 0 spiro atoms. The largest absolute Gasteiger partial charge is 0.356 e. The summed E-state index contributed by atoms with van der Waals surface area (Å²) in [6, 6.07) is 7.90. The third-order valence-electron chi connectivity index (χ3n) is 4.28. The minimum atomic E-state index is 0.109. The van der Waals surface area contributed by atoms with Crippen molar-refractivity contribution in [2.75, 3.05) is 6.54 Å². The number of carbonyl (C=O) groups is 1. The lowest BCUT2D eigenvalue weighted by atomic mass is 10.0. The summed E-state index contributed by atoms with van der Waals surface area (Å²) in [5.74, 6) is 1.02. The third-order valence-corrected chi connectivity index (χ3v) is 4.28. The van der Waals surface area contributed by atoms with Crippen molar-refractivity contribution < 1.29 is 4.79 Å². The Morgan fingerprint density at radius 1 is 1.20 bits per heavy atom. The van der Waals surface area contributed by atoms with E-state index in [1.165, 1.54) is 32.1 Å². The first-order valence-electron chi connectivity index (χ1n) is 7.83. The zero-order valence-electron chi connectivity index (χ0n) is 12.2. The van der Waals surface area contributed by atoms with E-state index < -0.39 is 0 Å². The van der Waals surface area contributed by atoms with Gasteiger partial charge in [0.05, 0.1) is 6.42 Å². The molecule has 0 aromatic heterocycles. The maximum absolute atomic E-state index is 11.9. The van der Waals surface area contributed by atoms with Crippen LogP contribution in [0.3, 0.4) is 0 Å². The normalized spacial score (nSPS) is 15.4. The molecule has 20 heavy (non-hydrogen) atoms. The van der Waals surface area contributed by atoms with E-state index >= 15 is 0 Å². The van der Waals surface area contributed by atoms with Crippen LogP contribution in [0.2, 0.25) is 0 Å². The van der Waals surface area contributed by atoms with E-state index in [-0.39, 0.29) is 5.91 Å². The molecule has 0 heterocycles. The first-order chi connectivity index (χ1) is 9.79. The second kappa shape index (κ2) is 8.05. The highest BCUT2D eigenvalue weighted by Gasteiger charge is 2.14. The van der Waals surface area contributed by atoms with E-state index in [1.807, 2.05) is 24.3 Å². The second-order valence-electron chi connectivity index (χ2n) is 5.79. The van der Waals surface area contributed by atoms with E-state index in [9.17, 15) is 4.79 Å². The summed E-state index contributed by atoms with van der Waals surface area (Å²) < 4.78 is 0. The van der Waals surface area contributed by atoms with Crippen LogP contribution in [0.5, 0.6) is 0 Å². The lowest BCUT2D eigenvalue weighted by Crippen LogP contribution is -2.26. The molecule has 1 fully saturated rings. The Labute approximate surface area is 121 Å². The van der Waals surface area contributed by atoms with E-state index in [0.717, 1.165) is 30.0 Å². The van der Waals surface area contributed by atoms with Gasteiger partial charge in [-0.3, -0.25) is 4.79 Å². The number of nitrogens with one attached hydrogen (secondary N) is 1. The Morgan fingerprint density at radius 3 is 2.60 bits per heavy atom. The van der Waals surface area contributed by atoms with Crippen LogP contribution in [0.15, 0.2) is 24.3 Å². The van der Waals surface area contributed by atoms with Gasteiger partial charge in [-0.15, -0.1) is 0 Å². The lowest BCUT2D eigenvalue weighted by Gasteiger charge is -2.10. The maximum atomic E-state index is 11.9. The summed E-state index contributed by atoms with van der Waals surface area (Å²) in [6.45, 7) is 1.30. The van der Waals surface area contributed by atoms with Crippen molar-refractivity contribution in [2.45, 2.75) is 51.5 Å². The number of hydrogen-bond donors (Lipinski definition) is 2. The fraction of sp³-hybridized carbons (Fsp3) is 0.588. The average molecular weight is 274 g/mol. The highest BCUT2D eigenvalue weighted by Crippen LogP contribution is 2.28. The molecule has 3 N–H and O–H groups in total. The van der Waals surface area contributed by atoms with Gasteiger partial charge >= 0.3 is 0 Å². The highest BCUT2D eigenvalue weighted by atomic mass is 16.1. The van der Waals surface area contributed by atoms with Gasteiger partial charge in [0.25, 0.3) is 0 Å². The molecule has 0 bridgehead atoms. The second-order valence-corrected chi connectivity index (χ2v) is 5.79. The number of rotatable bonds is 7. The Balaban J connectivity index is 1.67. The van der Waals surface area contributed by atoms with Gasteiger partial charge in [-0.05, 0) is 29.9 Å². The molecular weight excluding hydrogens is 248 g/mol. The molecule has 0 unspecified atom stereocenters. The van der Waals surface area contributed by atoms with Gasteiger partial charge in [0, 0.05) is 13.1 Å². The minimum absolute atomic E-state index is 0.109. The minimum Gasteiger partial charge on any atom is -0.356 e. The maximum Gasteiger partial charge on any atom is 0.224 e. The van der Waals surface area contributed by atoms with Crippen LogP contribution >= 0.6 is 0 Å². The quantitative estimate of drug-likeness (QED) is 0.751. The van der Waals surface area contributed by atoms with E-state index in [1.54, 1.807) is 0 Å². The van der Waals surface area contributed by atoms with Crippen molar-refractivity contribution in [1.82, 2.24) is 5.32 Å². The van der Waals surface area contributed by atoms with E-state index in [4.69, 9.17) is 5.73 Å². The summed E-state index contributed by atoms with van der Waals surface area (Å²) in [5, 5.41) is 3.03. The molecule has 1 aromatic rings. The Hall–Kier alpha value is -1.35. The molecule has 1 saturated carbocycles. The smallest absolute Gasteiger partial charge is 0.224 e. The van der Waals surface area contributed by atoms with Gasteiger partial charge in [-0.1, -0.05) is 49.9 Å². The van der Waals surface area contributed by atoms with Crippen molar-refractivity contribution in [3.05, 3.63) is 35.4 Å². The van der Waals surface area contributed by atoms with Crippen LogP contribution in [0.1, 0.15) is 49.7 Å². The zero-order chi connectivity index (χ0) is 14.2. The Morgan fingerprint density at radius 2 is 1.90 bits per heavy atom. The standard InChI is InChI=1S/C17H26N2O/c18-13-16-10-4-3-9-15(16)12-17(20)19-11-5-8-14-6-1-2-7-14/h3-4,9-10,14H,1-2,5-8,11-13,18H2,(H,19,20). The van der Waals surface area contributed by atoms with Gasteiger partial charge in [0.15, 0.2) is 0 Å². The predicted octanol–water partition coefficient (Wildman–Crippen LogP) is 2.77. The van der Waals surface area contributed by atoms with Crippen LogP contribution in [-0.2, 0) is 17.8 Å². The molecule has 1 aliphatic rings. The molecule has 0 radical (unpaired) electrons. The van der Waals surface area contributed by atoms with Crippen molar-refractivity contribution in [1.29, 1.82) is 0 Å². The molecule has 3 heteroatoms.